The molecule has 1 nitrogen and oxygen atoms in total. The first kappa shape index (κ1) is 15.2. The van der Waals surface area contributed by atoms with Crippen LogP contribution in [0.5, 0.6) is 0 Å². The third-order valence-corrected chi connectivity index (χ3v) is 3.02. The molecule has 0 rings (SSSR count). The Balaban J connectivity index is 4.66. The number of hydrogen-bond acceptors (Lipinski definition) is 1. The second-order valence-electron chi connectivity index (χ2n) is 4.65. The summed E-state index contributed by atoms with van der Waals surface area (Å²) in [7, 11) is 0. The highest BCUT2D eigenvalue weighted by molar-refractivity contribution is 5.79. The van der Waals surface area contributed by atoms with Gasteiger partial charge in [0.1, 0.15) is 0 Å². The predicted octanol–water partition coefficient (Wildman–Crippen LogP) is 5.14. The van der Waals surface area contributed by atoms with E-state index < -0.39 is 0 Å². The summed E-state index contributed by atoms with van der Waals surface area (Å²) in [6.07, 6.45) is 7.83. The lowest BCUT2D eigenvalue weighted by Gasteiger charge is -2.16. The Morgan fingerprint density at radius 3 is 2.19 bits per heavy atom. The highest BCUT2D eigenvalue weighted by Gasteiger charge is 2.08. The van der Waals surface area contributed by atoms with Crippen LogP contribution in [-0.2, 0) is 0 Å². The molecule has 16 heavy (non-hydrogen) atoms. The van der Waals surface area contributed by atoms with Crippen molar-refractivity contribution < 1.29 is 0 Å². The van der Waals surface area contributed by atoms with E-state index in [0.29, 0.717) is 0 Å². The minimum atomic E-state index is 0.737. The highest BCUT2D eigenvalue weighted by Crippen LogP contribution is 2.23. The first-order valence-electron chi connectivity index (χ1n) is 6.37. The third kappa shape index (κ3) is 5.89. The first-order chi connectivity index (χ1) is 7.52. The SMILES string of the molecule is CCCC(CC)/C(C)=C(C)\C=C/N=C(C)C. The van der Waals surface area contributed by atoms with E-state index in [-0.39, 0.29) is 0 Å². The summed E-state index contributed by atoms with van der Waals surface area (Å²) in [5.74, 6) is 0.737. The summed E-state index contributed by atoms with van der Waals surface area (Å²) in [5, 5.41) is 0. The van der Waals surface area contributed by atoms with Gasteiger partial charge in [0.05, 0.1) is 0 Å². The average molecular weight is 221 g/mol. The van der Waals surface area contributed by atoms with E-state index in [9.17, 15) is 0 Å². The van der Waals surface area contributed by atoms with Crippen molar-refractivity contribution in [3.63, 3.8) is 0 Å². The molecular weight excluding hydrogens is 194 g/mol. The van der Waals surface area contributed by atoms with Gasteiger partial charge in [0.15, 0.2) is 0 Å². The molecule has 92 valence electrons. The van der Waals surface area contributed by atoms with Gasteiger partial charge in [-0.25, -0.2) is 0 Å². The van der Waals surface area contributed by atoms with Crippen molar-refractivity contribution in [1.29, 1.82) is 0 Å². The van der Waals surface area contributed by atoms with Gasteiger partial charge in [-0.2, -0.15) is 0 Å². The number of nitrogens with zero attached hydrogens (tertiary/aromatic N) is 1. The Bertz CT molecular complexity index is 278. The molecule has 0 fully saturated rings. The van der Waals surface area contributed by atoms with E-state index in [4.69, 9.17) is 0 Å². The molecule has 0 spiro atoms. The Kier molecular flexibility index (Phi) is 7.88. The van der Waals surface area contributed by atoms with Crippen molar-refractivity contribution in [3.8, 4) is 0 Å². The normalized spacial score (nSPS) is 14.9. The van der Waals surface area contributed by atoms with Gasteiger partial charge in [0.2, 0.25) is 0 Å². The number of rotatable bonds is 6. The van der Waals surface area contributed by atoms with Gasteiger partial charge in [0, 0.05) is 11.9 Å². The molecule has 0 radical (unpaired) electrons. The molecule has 0 aromatic carbocycles. The summed E-state index contributed by atoms with van der Waals surface area (Å²) in [4.78, 5) is 4.28. The minimum Gasteiger partial charge on any atom is -0.266 e. The lowest BCUT2D eigenvalue weighted by atomic mass is 9.90. The summed E-state index contributed by atoms with van der Waals surface area (Å²) in [6, 6.07) is 0. The van der Waals surface area contributed by atoms with Crippen LogP contribution in [-0.4, -0.2) is 5.71 Å². The van der Waals surface area contributed by atoms with E-state index in [2.05, 4.69) is 38.8 Å². The van der Waals surface area contributed by atoms with Crippen LogP contribution >= 0.6 is 0 Å². The monoisotopic (exact) mass is 221 g/mol. The van der Waals surface area contributed by atoms with Gasteiger partial charge >= 0.3 is 0 Å². The molecule has 0 heterocycles. The fourth-order valence-electron chi connectivity index (χ4n) is 1.83. The summed E-state index contributed by atoms with van der Waals surface area (Å²) in [6.45, 7) is 13.0. The van der Waals surface area contributed by atoms with Crippen LogP contribution < -0.4 is 0 Å². The van der Waals surface area contributed by atoms with E-state index in [0.717, 1.165) is 11.6 Å². The van der Waals surface area contributed by atoms with Crippen molar-refractivity contribution in [2.45, 2.75) is 60.8 Å². The van der Waals surface area contributed by atoms with E-state index in [1.165, 1.54) is 30.4 Å². The van der Waals surface area contributed by atoms with E-state index >= 15 is 0 Å². The lowest BCUT2D eigenvalue weighted by molar-refractivity contribution is 0.531. The average Bonchev–Trinajstić information content (AvgIpc) is 2.24. The zero-order chi connectivity index (χ0) is 12.6. The number of allylic oxidation sites excluding steroid dienone is 3. The fourth-order valence-corrected chi connectivity index (χ4v) is 1.83. The molecule has 1 heteroatoms. The topological polar surface area (TPSA) is 12.4 Å². The minimum absolute atomic E-state index is 0.737. The van der Waals surface area contributed by atoms with Crippen molar-refractivity contribution >= 4 is 5.71 Å². The Morgan fingerprint density at radius 2 is 1.75 bits per heavy atom. The van der Waals surface area contributed by atoms with Crippen LogP contribution in [0.3, 0.4) is 0 Å². The van der Waals surface area contributed by atoms with Crippen LogP contribution in [0.2, 0.25) is 0 Å². The van der Waals surface area contributed by atoms with Crippen molar-refractivity contribution in [1.82, 2.24) is 0 Å². The maximum Gasteiger partial charge on any atom is 0.0269 e. The van der Waals surface area contributed by atoms with Gasteiger partial charge in [-0.1, -0.05) is 31.4 Å². The van der Waals surface area contributed by atoms with Crippen LogP contribution in [0.1, 0.15) is 60.8 Å². The second-order valence-corrected chi connectivity index (χ2v) is 4.65. The Labute approximate surface area is 101 Å². The quantitative estimate of drug-likeness (QED) is 0.435. The van der Waals surface area contributed by atoms with Crippen LogP contribution in [0.25, 0.3) is 0 Å². The zero-order valence-corrected chi connectivity index (χ0v) is 11.8. The van der Waals surface area contributed by atoms with E-state index in [1.807, 2.05) is 20.0 Å². The molecule has 0 aliphatic rings. The number of hydrogen-bond donors (Lipinski definition) is 0. The maximum atomic E-state index is 4.28. The summed E-state index contributed by atoms with van der Waals surface area (Å²) < 4.78 is 0. The molecule has 0 aromatic heterocycles. The molecule has 1 unspecified atom stereocenters. The van der Waals surface area contributed by atoms with Crippen molar-refractivity contribution in [3.05, 3.63) is 23.4 Å². The Hall–Kier alpha value is -0.850. The first-order valence-corrected chi connectivity index (χ1v) is 6.37. The van der Waals surface area contributed by atoms with Crippen molar-refractivity contribution in [2.75, 3.05) is 0 Å². The predicted molar refractivity (Wildman–Crippen MR) is 75.0 cm³/mol. The van der Waals surface area contributed by atoms with Crippen molar-refractivity contribution in [2.24, 2.45) is 10.9 Å². The van der Waals surface area contributed by atoms with E-state index in [1.54, 1.807) is 0 Å². The molecular formula is C15H27N. The van der Waals surface area contributed by atoms with Crippen LogP contribution in [0.15, 0.2) is 28.4 Å². The molecule has 0 saturated carbocycles. The summed E-state index contributed by atoms with van der Waals surface area (Å²) in [5.41, 5.74) is 3.98. The van der Waals surface area contributed by atoms with Gasteiger partial charge in [0.25, 0.3) is 0 Å². The molecule has 0 saturated heterocycles. The smallest absolute Gasteiger partial charge is 0.0269 e. The molecule has 0 bridgehead atoms. The van der Waals surface area contributed by atoms with Gasteiger partial charge in [-0.05, 0) is 52.5 Å². The lowest BCUT2D eigenvalue weighted by Crippen LogP contribution is -2.01. The zero-order valence-electron chi connectivity index (χ0n) is 11.8. The molecule has 0 aliphatic heterocycles. The van der Waals surface area contributed by atoms with Crippen LogP contribution in [0, 0.1) is 5.92 Å². The Morgan fingerprint density at radius 1 is 1.12 bits per heavy atom. The number of aliphatic imine (C=N–C) groups is 1. The van der Waals surface area contributed by atoms with Gasteiger partial charge < -0.3 is 0 Å². The molecule has 1 atom stereocenters. The highest BCUT2D eigenvalue weighted by atomic mass is 14.7. The molecule has 0 aliphatic carbocycles. The molecule has 0 aromatic rings. The summed E-state index contributed by atoms with van der Waals surface area (Å²) >= 11 is 0. The largest absolute Gasteiger partial charge is 0.266 e. The molecule has 0 amide bonds. The molecule has 0 N–H and O–H groups in total. The van der Waals surface area contributed by atoms with Crippen LogP contribution in [0.4, 0.5) is 0 Å². The van der Waals surface area contributed by atoms with Gasteiger partial charge in [-0.3, -0.25) is 4.99 Å². The third-order valence-electron chi connectivity index (χ3n) is 3.02. The fraction of sp³-hybridized carbons (Fsp3) is 0.667. The standard InChI is InChI=1S/C15H27N/c1-7-9-15(8-2)14(6)13(5)10-11-16-12(3)4/h10-11,15H,7-9H2,1-6H3/b11-10-,14-13-. The maximum absolute atomic E-state index is 4.28. The second kappa shape index (κ2) is 8.32. The van der Waals surface area contributed by atoms with Gasteiger partial charge in [-0.15, -0.1) is 0 Å².